The zero-order valence-electron chi connectivity index (χ0n) is 9.18. The highest BCUT2D eigenvalue weighted by atomic mass is 127. The summed E-state index contributed by atoms with van der Waals surface area (Å²) < 4.78 is 0.819. The summed E-state index contributed by atoms with van der Waals surface area (Å²) in [6, 6.07) is 2.06. The molecule has 4 heteroatoms. The van der Waals surface area contributed by atoms with E-state index < -0.39 is 5.54 Å². The number of Topliss-reactive ketones (excluding diaryl/α,β-unsaturated/α-hetero) is 1. The van der Waals surface area contributed by atoms with E-state index in [1.54, 1.807) is 11.3 Å². The molecule has 0 aromatic carbocycles. The lowest BCUT2D eigenvalue weighted by Crippen LogP contribution is -2.42. The molecule has 3 heterocycles. The number of hydrogen-bond donors (Lipinski definition) is 0. The molecular weight excluding hydrogens is 345 g/mol. The van der Waals surface area contributed by atoms with Crippen LogP contribution in [0.1, 0.15) is 12.5 Å². The molecule has 0 radical (unpaired) electrons. The molecule has 86 valence electrons. The van der Waals surface area contributed by atoms with Gasteiger partial charge in [-0.25, -0.2) is 0 Å². The average molecular weight is 355 g/mol. The van der Waals surface area contributed by atoms with E-state index in [2.05, 4.69) is 38.9 Å². The highest BCUT2D eigenvalue weighted by Gasteiger charge is 2.47. The molecule has 2 aliphatic heterocycles. The standard InChI is InChI=1S/C13H10INOS/c1-13-5-2-3-6-15(13)11(10(14)12(13)16)9-4-7-17-8-9/h2-8H,1H3. The number of carbonyl (C=O) groups excluding carboxylic acids is 1. The normalized spacial score (nSPS) is 26.9. The van der Waals surface area contributed by atoms with Crippen LogP contribution in [0.2, 0.25) is 0 Å². The van der Waals surface area contributed by atoms with Crippen molar-refractivity contribution < 1.29 is 4.79 Å². The first-order valence-corrected chi connectivity index (χ1v) is 7.29. The van der Waals surface area contributed by atoms with Gasteiger partial charge in [0.05, 0.1) is 9.28 Å². The second-order valence-electron chi connectivity index (χ2n) is 4.22. The van der Waals surface area contributed by atoms with Gasteiger partial charge in [-0.2, -0.15) is 11.3 Å². The van der Waals surface area contributed by atoms with Gasteiger partial charge in [-0.15, -0.1) is 0 Å². The number of rotatable bonds is 1. The van der Waals surface area contributed by atoms with Crippen molar-refractivity contribution in [2.45, 2.75) is 12.5 Å². The lowest BCUT2D eigenvalue weighted by molar-refractivity contribution is -0.119. The molecule has 0 spiro atoms. The SMILES string of the molecule is CC12C=CC=CN1C(c1ccsc1)=C(I)C2=O. The fourth-order valence-corrected chi connectivity index (χ4v) is 3.96. The molecule has 1 unspecified atom stereocenters. The quantitative estimate of drug-likeness (QED) is 0.718. The lowest BCUT2D eigenvalue weighted by atomic mass is 9.95. The Balaban J connectivity index is 2.19. The van der Waals surface area contributed by atoms with Gasteiger partial charge in [0.15, 0.2) is 0 Å². The van der Waals surface area contributed by atoms with Gasteiger partial charge in [-0.05, 0) is 47.0 Å². The first-order chi connectivity index (χ1) is 8.14. The van der Waals surface area contributed by atoms with Crippen molar-refractivity contribution in [3.63, 3.8) is 0 Å². The Kier molecular flexibility index (Phi) is 2.52. The molecule has 0 aliphatic carbocycles. The van der Waals surface area contributed by atoms with E-state index in [0.717, 1.165) is 14.8 Å². The van der Waals surface area contributed by atoms with E-state index in [0.29, 0.717) is 0 Å². The summed E-state index contributed by atoms with van der Waals surface area (Å²) in [4.78, 5) is 14.4. The van der Waals surface area contributed by atoms with Crippen LogP contribution < -0.4 is 0 Å². The largest absolute Gasteiger partial charge is 0.330 e. The minimum absolute atomic E-state index is 0.180. The molecule has 0 fully saturated rings. The number of halogens is 1. The zero-order chi connectivity index (χ0) is 12.0. The van der Waals surface area contributed by atoms with E-state index in [9.17, 15) is 4.79 Å². The van der Waals surface area contributed by atoms with Gasteiger partial charge >= 0.3 is 0 Å². The minimum atomic E-state index is -0.539. The van der Waals surface area contributed by atoms with Gasteiger partial charge in [-0.1, -0.05) is 12.2 Å². The third-order valence-corrected chi connectivity index (χ3v) is 4.85. The van der Waals surface area contributed by atoms with Crippen molar-refractivity contribution in [1.29, 1.82) is 0 Å². The number of thiophene rings is 1. The third kappa shape index (κ3) is 1.47. The summed E-state index contributed by atoms with van der Waals surface area (Å²) in [6.07, 6.45) is 7.86. The Hall–Kier alpha value is -0.880. The minimum Gasteiger partial charge on any atom is -0.330 e. The van der Waals surface area contributed by atoms with Crippen LogP contribution in [0.15, 0.2) is 44.8 Å². The van der Waals surface area contributed by atoms with Crippen LogP contribution in [0, 0.1) is 0 Å². The maximum Gasteiger partial charge on any atom is 0.200 e. The van der Waals surface area contributed by atoms with Gasteiger partial charge < -0.3 is 4.90 Å². The van der Waals surface area contributed by atoms with Gasteiger partial charge in [0, 0.05) is 17.1 Å². The smallest absolute Gasteiger partial charge is 0.200 e. The molecule has 0 saturated carbocycles. The molecule has 0 bridgehead atoms. The molecule has 1 aromatic rings. The van der Waals surface area contributed by atoms with Crippen LogP contribution >= 0.6 is 33.9 Å². The maximum atomic E-state index is 12.4. The fraction of sp³-hybridized carbons (Fsp3) is 0.154. The summed E-state index contributed by atoms with van der Waals surface area (Å²) in [7, 11) is 0. The molecule has 1 atom stereocenters. The van der Waals surface area contributed by atoms with E-state index >= 15 is 0 Å². The van der Waals surface area contributed by atoms with Crippen molar-refractivity contribution in [2.24, 2.45) is 0 Å². The van der Waals surface area contributed by atoms with Crippen LogP contribution in [0.5, 0.6) is 0 Å². The first kappa shape index (κ1) is 11.2. The second-order valence-corrected chi connectivity index (χ2v) is 6.08. The van der Waals surface area contributed by atoms with E-state index in [1.807, 2.05) is 36.7 Å². The third-order valence-electron chi connectivity index (χ3n) is 3.17. The molecule has 2 nitrogen and oxygen atoms in total. The number of fused-ring (bicyclic) bond motifs is 1. The topological polar surface area (TPSA) is 20.3 Å². The van der Waals surface area contributed by atoms with E-state index in [-0.39, 0.29) is 5.78 Å². The van der Waals surface area contributed by atoms with Crippen molar-refractivity contribution in [2.75, 3.05) is 0 Å². The van der Waals surface area contributed by atoms with Gasteiger partial charge in [0.1, 0.15) is 5.54 Å². The number of nitrogens with zero attached hydrogens (tertiary/aromatic N) is 1. The molecule has 0 N–H and O–H groups in total. The number of hydrogen-bond acceptors (Lipinski definition) is 3. The number of allylic oxidation sites excluding steroid dienone is 2. The fourth-order valence-electron chi connectivity index (χ4n) is 2.21. The lowest BCUT2D eigenvalue weighted by Gasteiger charge is -2.33. The zero-order valence-corrected chi connectivity index (χ0v) is 12.2. The molecule has 3 rings (SSSR count). The predicted molar refractivity (Wildman–Crippen MR) is 78.8 cm³/mol. The summed E-state index contributed by atoms with van der Waals surface area (Å²) in [6.45, 7) is 1.97. The molecule has 17 heavy (non-hydrogen) atoms. The van der Waals surface area contributed by atoms with Crippen LogP contribution in [0.25, 0.3) is 5.70 Å². The van der Waals surface area contributed by atoms with Gasteiger partial charge in [0.2, 0.25) is 5.78 Å². The molecule has 0 amide bonds. The Bertz CT molecular complexity index is 570. The van der Waals surface area contributed by atoms with Crippen molar-refractivity contribution in [1.82, 2.24) is 4.90 Å². The van der Waals surface area contributed by atoms with Crippen LogP contribution in [-0.2, 0) is 4.79 Å². The van der Waals surface area contributed by atoms with E-state index in [4.69, 9.17) is 0 Å². The van der Waals surface area contributed by atoms with Crippen molar-refractivity contribution in [3.8, 4) is 0 Å². The monoisotopic (exact) mass is 355 g/mol. The van der Waals surface area contributed by atoms with E-state index in [1.165, 1.54) is 0 Å². The van der Waals surface area contributed by atoms with Crippen LogP contribution in [0.3, 0.4) is 0 Å². The molecule has 2 aliphatic rings. The number of carbonyl (C=O) groups is 1. The molecule has 0 saturated heterocycles. The Labute approximate surface area is 117 Å². The summed E-state index contributed by atoms with van der Waals surface area (Å²) in [5.74, 6) is 0.180. The van der Waals surface area contributed by atoms with Crippen LogP contribution in [-0.4, -0.2) is 16.2 Å². The molecular formula is C13H10INOS. The second kappa shape index (κ2) is 3.81. The Morgan fingerprint density at radius 2 is 2.24 bits per heavy atom. The molecule has 1 aromatic heterocycles. The average Bonchev–Trinajstić information content (AvgIpc) is 2.89. The highest BCUT2D eigenvalue weighted by molar-refractivity contribution is 14.1. The maximum absolute atomic E-state index is 12.4. The summed E-state index contributed by atoms with van der Waals surface area (Å²) >= 11 is 3.81. The summed E-state index contributed by atoms with van der Waals surface area (Å²) in [5, 5.41) is 4.12. The van der Waals surface area contributed by atoms with Gasteiger partial charge in [0.25, 0.3) is 0 Å². The number of ketones is 1. The van der Waals surface area contributed by atoms with Crippen molar-refractivity contribution in [3.05, 3.63) is 50.4 Å². The van der Waals surface area contributed by atoms with Crippen molar-refractivity contribution >= 4 is 45.4 Å². The first-order valence-electron chi connectivity index (χ1n) is 5.27. The summed E-state index contributed by atoms with van der Waals surface area (Å²) in [5.41, 5.74) is 1.61. The Morgan fingerprint density at radius 3 is 2.94 bits per heavy atom. The van der Waals surface area contributed by atoms with Gasteiger partial charge in [-0.3, -0.25) is 4.79 Å². The predicted octanol–water partition coefficient (Wildman–Crippen LogP) is 3.58. The highest BCUT2D eigenvalue weighted by Crippen LogP contribution is 2.44. The Morgan fingerprint density at radius 1 is 1.41 bits per heavy atom. The van der Waals surface area contributed by atoms with Crippen LogP contribution in [0.4, 0.5) is 0 Å².